The highest BCUT2D eigenvalue weighted by Gasteiger charge is 2.03. The van der Waals surface area contributed by atoms with E-state index in [1.807, 2.05) is 31.2 Å². The van der Waals surface area contributed by atoms with Crippen LogP contribution in [0.15, 0.2) is 42.5 Å². The number of hydrogen-bond donors (Lipinski definition) is 0. The Kier molecular flexibility index (Phi) is 3.20. The molecule has 2 heteroatoms. The van der Waals surface area contributed by atoms with E-state index < -0.39 is 0 Å². The van der Waals surface area contributed by atoms with Crippen molar-refractivity contribution >= 4 is 0 Å². The first-order valence-electron chi connectivity index (χ1n) is 5.20. The molecular formula is C14H12FO. The molecule has 81 valence electrons. The summed E-state index contributed by atoms with van der Waals surface area (Å²) in [5.74, 6) is 0.564. The minimum Gasteiger partial charge on any atom is -0.494 e. The molecule has 0 saturated carbocycles. The van der Waals surface area contributed by atoms with Crippen molar-refractivity contribution in [3.8, 4) is 16.9 Å². The van der Waals surface area contributed by atoms with Crippen LogP contribution in [-0.4, -0.2) is 6.61 Å². The first-order valence-corrected chi connectivity index (χ1v) is 5.20. The molecular weight excluding hydrogens is 203 g/mol. The second kappa shape index (κ2) is 4.79. The lowest BCUT2D eigenvalue weighted by Gasteiger charge is -2.05. The maximum absolute atomic E-state index is 13.5. The number of halogens is 1. The van der Waals surface area contributed by atoms with Crippen LogP contribution in [0.2, 0.25) is 0 Å². The van der Waals surface area contributed by atoms with Gasteiger partial charge in [-0.15, -0.1) is 0 Å². The smallest absolute Gasteiger partial charge is 0.131 e. The van der Waals surface area contributed by atoms with E-state index in [9.17, 15) is 4.39 Å². The van der Waals surface area contributed by atoms with E-state index in [1.165, 1.54) is 6.07 Å². The SMILES string of the molecule is CCOc1ccc(-c2c[c]ccc2F)cc1. The van der Waals surface area contributed by atoms with Gasteiger partial charge in [0.1, 0.15) is 11.6 Å². The monoisotopic (exact) mass is 215 g/mol. The molecule has 0 spiro atoms. The Labute approximate surface area is 94.5 Å². The second-order valence-corrected chi connectivity index (χ2v) is 3.36. The predicted octanol–water partition coefficient (Wildman–Crippen LogP) is 3.69. The van der Waals surface area contributed by atoms with E-state index >= 15 is 0 Å². The lowest BCUT2D eigenvalue weighted by molar-refractivity contribution is 0.340. The Morgan fingerprint density at radius 2 is 1.94 bits per heavy atom. The van der Waals surface area contributed by atoms with Crippen molar-refractivity contribution in [2.45, 2.75) is 6.92 Å². The zero-order valence-electron chi connectivity index (χ0n) is 9.03. The summed E-state index contributed by atoms with van der Waals surface area (Å²) in [6.07, 6.45) is 0. The van der Waals surface area contributed by atoms with Crippen molar-refractivity contribution in [3.63, 3.8) is 0 Å². The molecule has 2 rings (SSSR count). The summed E-state index contributed by atoms with van der Waals surface area (Å²) in [5.41, 5.74) is 1.39. The van der Waals surface area contributed by atoms with E-state index in [2.05, 4.69) is 6.07 Å². The highest BCUT2D eigenvalue weighted by atomic mass is 19.1. The number of hydrogen-bond acceptors (Lipinski definition) is 1. The van der Waals surface area contributed by atoms with Gasteiger partial charge in [0.2, 0.25) is 0 Å². The van der Waals surface area contributed by atoms with Crippen LogP contribution >= 0.6 is 0 Å². The van der Waals surface area contributed by atoms with E-state index in [0.29, 0.717) is 12.2 Å². The maximum atomic E-state index is 13.5. The molecule has 16 heavy (non-hydrogen) atoms. The number of ether oxygens (including phenoxy) is 1. The van der Waals surface area contributed by atoms with Crippen LogP contribution in [0.3, 0.4) is 0 Å². The minimum atomic E-state index is -0.233. The molecule has 1 radical (unpaired) electrons. The Balaban J connectivity index is 2.31. The largest absolute Gasteiger partial charge is 0.494 e. The van der Waals surface area contributed by atoms with Crippen molar-refractivity contribution in [2.75, 3.05) is 6.61 Å². The third-order valence-electron chi connectivity index (χ3n) is 2.29. The first-order chi connectivity index (χ1) is 7.81. The molecule has 0 amide bonds. The van der Waals surface area contributed by atoms with Gasteiger partial charge in [0.25, 0.3) is 0 Å². The van der Waals surface area contributed by atoms with E-state index in [0.717, 1.165) is 11.3 Å². The number of benzene rings is 2. The first kappa shape index (κ1) is 10.7. The third-order valence-corrected chi connectivity index (χ3v) is 2.29. The molecule has 0 aliphatic rings. The van der Waals surface area contributed by atoms with Crippen molar-refractivity contribution in [2.24, 2.45) is 0 Å². The highest BCUT2D eigenvalue weighted by molar-refractivity contribution is 5.64. The van der Waals surface area contributed by atoms with Gasteiger partial charge in [-0.25, -0.2) is 4.39 Å². The second-order valence-electron chi connectivity index (χ2n) is 3.36. The van der Waals surface area contributed by atoms with E-state index in [4.69, 9.17) is 4.74 Å². The molecule has 0 unspecified atom stereocenters. The fourth-order valence-corrected chi connectivity index (χ4v) is 1.53. The van der Waals surface area contributed by atoms with Gasteiger partial charge in [0.05, 0.1) is 6.61 Å². The van der Waals surface area contributed by atoms with Gasteiger partial charge in [-0.05, 0) is 42.8 Å². The lowest BCUT2D eigenvalue weighted by Crippen LogP contribution is -1.91. The third kappa shape index (κ3) is 2.22. The maximum Gasteiger partial charge on any atom is 0.131 e. The van der Waals surface area contributed by atoms with Gasteiger partial charge in [-0.2, -0.15) is 0 Å². The fraction of sp³-hybridized carbons (Fsp3) is 0.143. The zero-order chi connectivity index (χ0) is 11.4. The summed E-state index contributed by atoms with van der Waals surface area (Å²) in [6.45, 7) is 2.56. The molecule has 0 aromatic heterocycles. The molecule has 2 aromatic rings. The van der Waals surface area contributed by atoms with Gasteiger partial charge >= 0.3 is 0 Å². The van der Waals surface area contributed by atoms with Gasteiger partial charge in [0, 0.05) is 5.56 Å². The predicted molar refractivity (Wildman–Crippen MR) is 61.8 cm³/mol. The molecule has 0 fully saturated rings. The highest BCUT2D eigenvalue weighted by Crippen LogP contribution is 2.24. The average molecular weight is 215 g/mol. The van der Waals surface area contributed by atoms with Gasteiger partial charge in [0.15, 0.2) is 0 Å². The van der Waals surface area contributed by atoms with E-state index in [1.54, 1.807) is 12.1 Å². The van der Waals surface area contributed by atoms with Crippen LogP contribution in [0.5, 0.6) is 5.75 Å². The molecule has 0 aliphatic heterocycles. The molecule has 0 heterocycles. The molecule has 0 saturated heterocycles. The summed E-state index contributed by atoms with van der Waals surface area (Å²) in [7, 11) is 0. The average Bonchev–Trinajstić information content (AvgIpc) is 2.31. The Morgan fingerprint density at radius 1 is 1.19 bits per heavy atom. The Morgan fingerprint density at radius 3 is 2.56 bits per heavy atom. The van der Waals surface area contributed by atoms with E-state index in [-0.39, 0.29) is 5.82 Å². The molecule has 0 atom stereocenters. The van der Waals surface area contributed by atoms with Gasteiger partial charge in [-0.1, -0.05) is 18.2 Å². The quantitative estimate of drug-likeness (QED) is 0.758. The van der Waals surface area contributed by atoms with Crippen molar-refractivity contribution < 1.29 is 9.13 Å². The summed E-state index contributed by atoms with van der Waals surface area (Å²) >= 11 is 0. The molecule has 1 nitrogen and oxygen atoms in total. The van der Waals surface area contributed by atoms with Crippen LogP contribution in [0.4, 0.5) is 4.39 Å². The zero-order valence-corrected chi connectivity index (χ0v) is 9.03. The van der Waals surface area contributed by atoms with Crippen LogP contribution in [-0.2, 0) is 0 Å². The molecule has 2 aromatic carbocycles. The standard InChI is InChI=1S/C14H12FO/c1-2-16-12-9-7-11(8-10-12)13-5-3-4-6-14(13)15/h4-10H,2H2,1H3. The van der Waals surface area contributed by atoms with Crippen LogP contribution in [0, 0.1) is 11.9 Å². The topological polar surface area (TPSA) is 9.23 Å². The summed E-state index contributed by atoms with van der Waals surface area (Å²) in [4.78, 5) is 0. The Hall–Kier alpha value is -1.83. The summed E-state index contributed by atoms with van der Waals surface area (Å²) < 4.78 is 18.8. The summed E-state index contributed by atoms with van der Waals surface area (Å²) in [5, 5.41) is 0. The van der Waals surface area contributed by atoms with Crippen LogP contribution in [0.25, 0.3) is 11.1 Å². The van der Waals surface area contributed by atoms with Crippen molar-refractivity contribution in [1.82, 2.24) is 0 Å². The molecule has 0 aliphatic carbocycles. The van der Waals surface area contributed by atoms with Crippen molar-refractivity contribution in [1.29, 1.82) is 0 Å². The minimum absolute atomic E-state index is 0.233. The summed E-state index contributed by atoms with van der Waals surface area (Å²) in [6, 6.07) is 14.9. The van der Waals surface area contributed by atoms with Crippen LogP contribution in [0.1, 0.15) is 6.92 Å². The normalized spacial score (nSPS) is 10.1. The van der Waals surface area contributed by atoms with Gasteiger partial charge in [-0.3, -0.25) is 0 Å². The van der Waals surface area contributed by atoms with Crippen molar-refractivity contribution in [3.05, 3.63) is 54.3 Å². The Bertz CT molecular complexity index is 462. The molecule has 0 N–H and O–H groups in total. The lowest BCUT2D eigenvalue weighted by atomic mass is 10.1. The van der Waals surface area contributed by atoms with Gasteiger partial charge < -0.3 is 4.74 Å². The molecule has 0 bridgehead atoms. The van der Waals surface area contributed by atoms with Crippen LogP contribution < -0.4 is 4.74 Å². The number of rotatable bonds is 3. The fourth-order valence-electron chi connectivity index (χ4n) is 1.53.